The van der Waals surface area contributed by atoms with Crippen LogP contribution in [0.2, 0.25) is 0 Å². The molecule has 5 nitrogen and oxygen atoms in total. The van der Waals surface area contributed by atoms with E-state index in [-0.39, 0.29) is 18.0 Å². The molecule has 0 aromatic carbocycles. The van der Waals surface area contributed by atoms with Crippen LogP contribution in [0.1, 0.15) is 24.3 Å². The van der Waals surface area contributed by atoms with Crippen molar-refractivity contribution >= 4 is 5.91 Å². The zero-order chi connectivity index (χ0) is 11.5. The number of hydrogen-bond donors (Lipinski definition) is 1. The first kappa shape index (κ1) is 11.0. The molecule has 2 unspecified atom stereocenters. The van der Waals surface area contributed by atoms with E-state index in [0.29, 0.717) is 5.69 Å². The third kappa shape index (κ3) is 2.04. The lowest BCUT2D eigenvalue weighted by Crippen LogP contribution is -2.57. The van der Waals surface area contributed by atoms with E-state index in [1.165, 1.54) is 6.20 Å². The Labute approximate surface area is 94.9 Å². The number of carbonyl (C=O) groups is 1. The third-order valence-corrected chi connectivity index (χ3v) is 2.85. The number of aromatic nitrogens is 2. The van der Waals surface area contributed by atoms with Crippen molar-refractivity contribution in [2.75, 3.05) is 13.1 Å². The fourth-order valence-corrected chi connectivity index (χ4v) is 2.07. The minimum Gasteiger partial charge on any atom is -0.329 e. The van der Waals surface area contributed by atoms with Gasteiger partial charge in [0.15, 0.2) is 0 Å². The summed E-state index contributed by atoms with van der Waals surface area (Å²) in [4.78, 5) is 22.1. The van der Waals surface area contributed by atoms with Gasteiger partial charge in [0.05, 0.1) is 6.20 Å². The number of hydrogen-bond acceptors (Lipinski definition) is 4. The summed E-state index contributed by atoms with van der Waals surface area (Å²) in [5, 5.41) is 3.29. The van der Waals surface area contributed by atoms with Crippen molar-refractivity contribution in [1.82, 2.24) is 20.2 Å². The van der Waals surface area contributed by atoms with Gasteiger partial charge in [-0.05, 0) is 13.8 Å². The van der Waals surface area contributed by atoms with E-state index in [1.807, 2.05) is 18.7 Å². The molecule has 0 bridgehead atoms. The highest BCUT2D eigenvalue weighted by Gasteiger charge is 2.30. The van der Waals surface area contributed by atoms with Gasteiger partial charge in [-0.1, -0.05) is 0 Å². The molecule has 1 amide bonds. The average molecular weight is 220 g/mol. The van der Waals surface area contributed by atoms with Crippen LogP contribution in [0.5, 0.6) is 0 Å². The molecule has 1 aliphatic heterocycles. The molecule has 2 heterocycles. The first-order chi connectivity index (χ1) is 7.70. The Morgan fingerprint density at radius 1 is 1.38 bits per heavy atom. The zero-order valence-electron chi connectivity index (χ0n) is 9.55. The van der Waals surface area contributed by atoms with E-state index in [0.717, 1.165) is 13.1 Å². The van der Waals surface area contributed by atoms with Crippen molar-refractivity contribution in [3.8, 4) is 0 Å². The summed E-state index contributed by atoms with van der Waals surface area (Å²) in [6, 6.07) is 0.386. The molecule has 0 saturated carbocycles. The molecule has 5 heteroatoms. The van der Waals surface area contributed by atoms with Gasteiger partial charge in [0.2, 0.25) is 0 Å². The number of amides is 1. The maximum Gasteiger partial charge on any atom is 0.274 e. The molecular weight excluding hydrogens is 204 g/mol. The van der Waals surface area contributed by atoms with Crippen LogP contribution >= 0.6 is 0 Å². The van der Waals surface area contributed by atoms with Gasteiger partial charge in [0.25, 0.3) is 5.91 Å². The van der Waals surface area contributed by atoms with Crippen LogP contribution in [0.3, 0.4) is 0 Å². The maximum absolute atomic E-state index is 12.2. The maximum atomic E-state index is 12.2. The average Bonchev–Trinajstić information content (AvgIpc) is 2.30. The Bertz CT molecular complexity index is 358. The summed E-state index contributed by atoms with van der Waals surface area (Å²) >= 11 is 0. The van der Waals surface area contributed by atoms with Crippen molar-refractivity contribution in [3.05, 3.63) is 24.3 Å². The molecule has 2 atom stereocenters. The second kappa shape index (κ2) is 4.57. The van der Waals surface area contributed by atoms with E-state index in [2.05, 4.69) is 15.3 Å². The van der Waals surface area contributed by atoms with Gasteiger partial charge in [0.1, 0.15) is 5.69 Å². The summed E-state index contributed by atoms with van der Waals surface area (Å²) in [6.45, 7) is 5.74. The lowest BCUT2D eigenvalue weighted by atomic mass is 10.1. The second-order valence-corrected chi connectivity index (χ2v) is 4.16. The largest absolute Gasteiger partial charge is 0.329 e. The van der Waals surface area contributed by atoms with Crippen LogP contribution in [0, 0.1) is 0 Å². The molecule has 1 aromatic rings. The highest BCUT2D eigenvalue weighted by atomic mass is 16.2. The summed E-state index contributed by atoms with van der Waals surface area (Å²) in [7, 11) is 0. The Kier molecular flexibility index (Phi) is 3.14. The Morgan fingerprint density at radius 2 is 2.06 bits per heavy atom. The topological polar surface area (TPSA) is 58.1 Å². The number of rotatable bonds is 1. The molecule has 2 rings (SSSR count). The number of nitrogens with one attached hydrogen (secondary N) is 1. The number of carbonyl (C=O) groups excluding carboxylic acids is 1. The van der Waals surface area contributed by atoms with Crippen molar-refractivity contribution in [2.45, 2.75) is 25.9 Å². The van der Waals surface area contributed by atoms with E-state index < -0.39 is 0 Å². The molecule has 0 radical (unpaired) electrons. The van der Waals surface area contributed by atoms with Gasteiger partial charge in [0, 0.05) is 37.6 Å². The van der Waals surface area contributed by atoms with Crippen molar-refractivity contribution in [1.29, 1.82) is 0 Å². The first-order valence-electron chi connectivity index (χ1n) is 5.49. The van der Waals surface area contributed by atoms with Gasteiger partial charge in [-0.15, -0.1) is 0 Å². The van der Waals surface area contributed by atoms with Gasteiger partial charge in [-0.2, -0.15) is 0 Å². The van der Waals surface area contributed by atoms with Crippen LogP contribution in [-0.4, -0.2) is 45.9 Å². The smallest absolute Gasteiger partial charge is 0.274 e. The second-order valence-electron chi connectivity index (χ2n) is 4.16. The Balaban J connectivity index is 2.20. The van der Waals surface area contributed by atoms with E-state index in [9.17, 15) is 4.79 Å². The predicted molar refractivity (Wildman–Crippen MR) is 60.0 cm³/mol. The highest BCUT2D eigenvalue weighted by molar-refractivity contribution is 5.92. The lowest BCUT2D eigenvalue weighted by Gasteiger charge is -2.39. The van der Waals surface area contributed by atoms with Crippen LogP contribution in [0.4, 0.5) is 0 Å². The molecule has 1 aromatic heterocycles. The molecule has 1 N–H and O–H groups in total. The molecule has 1 saturated heterocycles. The summed E-state index contributed by atoms with van der Waals surface area (Å²) in [5.41, 5.74) is 0.420. The van der Waals surface area contributed by atoms with Gasteiger partial charge >= 0.3 is 0 Å². The normalized spacial score (nSPS) is 25.5. The summed E-state index contributed by atoms with van der Waals surface area (Å²) in [5.74, 6) is -0.0328. The highest BCUT2D eigenvalue weighted by Crippen LogP contribution is 2.12. The molecule has 16 heavy (non-hydrogen) atoms. The van der Waals surface area contributed by atoms with Crippen molar-refractivity contribution in [3.63, 3.8) is 0 Å². The summed E-state index contributed by atoms with van der Waals surface area (Å²) in [6.07, 6.45) is 4.63. The fourth-order valence-electron chi connectivity index (χ4n) is 2.07. The van der Waals surface area contributed by atoms with Crippen molar-refractivity contribution < 1.29 is 4.79 Å². The molecule has 1 aliphatic rings. The summed E-state index contributed by atoms with van der Waals surface area (Å²) < 4.78 is 0. The predicted octanol–water partition coefficient (Wildman–Crippen LogP) is 0.299. The standard InChI is InChI=1S/C11H16N4O/c1-8-5-13-6-9(2)15(8)11(16)10-7-12-3-4-14-10/h3-4,7-9,13H,5-6H2,1-2H3. The molecule has 86 valence electrons. The Hall–Kier alpha value is -1.49. The molecule has 1 fully saturated rings. The Morgan fingerprint density at radius 3 is 2.62 bits per heavy atom. The van der Waals surface area contributed by atoms with Crippen LogP contribution < -0.4 is 5.32 Å². The van der Waals surface area contributed by atoms with Crippen molar-refractivity contribution in [2.24, 2.45) is 0 Å². The van der Waals surface area contributed by atoms with Gasteiger partial charge < -0.3 is 10.2 Å². The monoisotopic (exact) mass is 220 g/mol. The quantitative estimate of drug-likeness (QED) is 0.739. The minimum absolute atomic E-state index is 0.0328. The SMILES string of the molecule is CC1CNCC(C)N1C(=O)c1cnccn1. The van der Waals surface area contributed by atoms with Crippen LogP contribution in [0.25, 0.3) is 0 Å². The van der Waals surface area contributed by atoms with E-state index in [4.69, 9.17) is 0 Å². The molecular formula is C11H16N4O. The van der Waals surface area contributed by atoms with Gasteiger partial charge in [-0.25, -0.2) is 4.98 Å². The number of nitrogens with zero attached hydrogens (tertiary/aromatic N) is 3. The fraction of sp³-hybridized carbons (Fsp3) is 0.545. The number of piperazine rings is 1. The van der Waals surface area contributed by atoms with E-state index >= 15 is 0 Å². The molecule has 0 aliphatic carbocycles. The van der Waals surface area contributed by atoms with E-state index in [1.54, 1.807) is 12.4 Å². The van der Waals surface area contributed by atoms with Gasteiger partial charge in [-0.3, -0.25) is 9.78 Å². The first-order valence-corrected chi connectivity index (χ1v) is 5.49. The molecule has 0 spiro atoms. The minimum atomic E-state index is -0.0328. The third-order valence-electron chi connectivity index (χ3n) is 2.85. The van der Waals surface area contributed by atoms with Crippen LogP contribution in [-0.2, 0) is 0 Å². The zero-order valence-corrected chi connectivity index (χ0v) is 9.55. The lowest BCUT2D eigenvalue weighted by molar-refractivity contribution is 0.0538. The van der Waals surface area contributed by atoms with Crippen LogP contribution in [0.15, 0.2) is 18.6 Å².